The third-order valence-electron chi connectivity index (χ3n) is 2.75. The van der Waals surface area contributed by atoms with Crippen LogP contribution in [-0.2, 0) is 14.8 Å². The molecule has 1 saturated heterocycles. The van der Waals surface area contributed by atoms with E-state index in [0.717, 1.165) is 17.9 Å². The van der Waals surface area contributed by atoms with E-state index < -0.39 is 9.05 Å². The van der Waals surface area contributed by atoms with Gasteiger partial charge in [0.2, 0.25) is 9.05 Å². The molecule has 0 saturated carbocycles. The quantitative estimate of drug-likeness (QED) is 0.780. The van der Waals surface area contributed by atoms with Crippen LogP contribution >= 0.6 is 22.4 Å². The lowest BCUT2D eigenvalue weighted by Gasteiger charge is -2.16. The monoisotopic (exact) mass is 322 g/mol. The summed E-state index contributed by atoms with van der Waals surface area (Å²) in [4.78, 5) is 0. The Bertz CT molecular complexity index is 539. The van der Waals surface area contributed by atoms with E-state index in [1.807, 2.05) is 11.8 Å². The molecule has 1 aromatic rings. The van der Waals surface area contributed by atoms with E-state index in [1.165, 1.54) is 7.11 Å². The number of methoxy groups -OCH3 is 1. The predicted octanol–water partition coefficient (Wildman–Crippen LogP) is 2.65. The van der Waals surface area contributed by atoms with Gasteiger partial charge in [-0.3, -0.25) is 0 Å². The van der Waals surface area contributed by atoms with E-state index in [-0.39, 0.29) is 11.9 Å². The summed E-state index contributed by atoms with van der Waals surface area (Å²) in [6.45, 7) is 0. The van der Waals surface area contributed by atoms with Gasteiger partial charge in [0.25, 0.3) is 0 Å². The highest BCUT2D eigenvalue weighted by atomic mass is 35.7. The van der Waals surface area contributed by atoms with Gasteiger partial charge in [0.15, 0.2) is 11.5 Å². The predicted molar refractivity (Wildman–Crippen MR) is 77.8 cm³/mol. The van der Waals surface area contributed by atoms with E-state index in [1.54, 1.807) is 18.2 Å². The minimum absolute atomic E-state index is 0.196. The number of hydrogen-bond acceptors (Lipinski definition) is 5. The molecule has 4 nitrogen and oxygen atoms in total. The first-order valence-corrected chi connectivity index (χ1v) is 9.45. The SMILES string of the molecule is COc1cc(CS(=O)(=O)Cl)ccc1OC1CCSC1. The zero-order valence-corrected chi connectivity index (χ0v) is 12.9. The van der Waals surface area contributed by atoms with Crippen molar-refractivity contribution in [1.29, 1.82) is 0 Å². The Balaban J connectivity index is 2.15. The standard InChI is InChI=1S/C12H15ClO4S2/c1-16-12-6-9(8-19(13,14)15)2-3-11(12)17-10-4-5-18-7-10/h2-3,6,10H,4-5,7-8H2,1H3. The molecule has 0 radical (unpaired) electrons. The second kappa shape index (κ2) is 6.24. The van der Waals surface area contributed by atoms with Crippen LogP contribution < -0.4 is 9.47 Å². The average Bonchev–Trinajstić information content (AvgIpc) is 2.82. The summed E-state index contributed by atoms with van der Waals surface area (Å²) < 4.78 is 33.2. The normalized spacial score (nSPS) is 19.4. The van der Waals surface area contributed by atoms with Crippen LogP contribution in [0.3, 0.4) is 0 Å². The van der Waals surface area contributed by atoms with Crippen LogP contribution in [0.1, 0.15) is 12.0 Å². The molecule has 7 heteroatoms. The number of ether oxygens (including phenoxy) is 2. The zero-order valence-electron chi connectivity index (χ0n) is 10.5. The van der Waals surface area contributed by atoms with Crippen molar-refractivity contribution in [3.8, 4) is 11.5 Å². The van der Waals surface area contributed by atoms with E-state index in [4.69, 9.17) is 20.2 Å². The molecule has 1 atom stereocenters. The second-order valence-electron chi connectivity index (χ2n) is 4.27. The third kappa shape index (κ3) is 4.47. The minimum atomic E-state index is -3.56. The fourth-order valence-electron chi connectivity index (χ4n) is 1.88. The first-order chi connectivity index (χ1) is 8.98. The first-order valence-electron chi connectivity index (χ1n) is 5.81. The Hall–Kier alpha value is -0.590. The summed E-state index contributed by atoms with van der Waals surface area (Å²) in [5.41, 5.74) is 0.583. The van der Waals surface area contributed by atoms with Crippen LogP contribution in [0.15, 0.2) is 18.2 Å². The highest BCUT2D eigenvalue weighted by Gasteiger charge is 2.19. The molecule has 0 spiro atoms. The molecular formula is C12H15ClO4S2. The van der Waals surface area contributed by atoms with Crippen molar-refractivity contribution >= 4 is 31.5 Å². The van der Waals surface area contributed by atoms with Gasteiger partial charge < -0.3 is 9.47 Å². The zero-order chi connectivity index (χ0) is 13.9. The van der Waals surface area contributed by atoms with E-state index in [2.05, 4.69) is 0 Å². The molecule has 1 unspecified atom stereocenters. The number of rotatable bonds is 5. The molecular weight excluding hydrogens is 308 g/mol. The van der Waals surface area contributed by atoms with Crippen LogP contribution in [0.5, 0.6) is 11.5 Å². The summed E-state index contributed by atoms with van der Waals surface area (Å²) >= 11 is 1.86. The lowest BCUT2D eigenvalue weighted by molar-refractivity contribution is 0.218. The Labute approximate surface area is 121 Å². The maximum Gasteiger partial charge on any atom is 0.236 e. The number of hydrogen-bond donors (Lipinski definition) is 0. The van der Waals surface area contributed by atoms with Gasteiger partial charge in [-0.25, -0.2) is 8.42 Å². The van der Waals surface area contributed by atoms with Crippen molar-refractivity contribution in [2.45, 2.75) is 18.3 Å². The third-order valence-corrected chi connectivity index (χ3v) is 4.89. The molecule has 1 aliphatic heterocycles. The van der Waals surface area contributed by atoms with Crippen LogP contribution in [0.2, 0.25) is 0 Å². The lowest BCUT2D eigenvalue weighted by atomic mass is 10.2. The average molecular weight is 323 g/mol. The van der Waals surface area contributed by atoms with Gasteiger partial charge in [-0.15, -0.1) is 0 Å². The molecule has 0 N–H and O–H groups in total. The lowest BCUT2D eigenvalue weighted by Crippen LogP contribution is -2.15. The molecule has 0 bridgehead atoms. The van der Waals surface area contributed by atoms with E-state index in [9.17, 15) is 8.42 Å². The second-order valence-corrected chi connectivity index (χ2v) is 8.20. The Kier molecular flexibility index (Phi) is 4.86. The van der Waals surface area contributed by atoms with Crippen LogP contribution in [-0.4, -0.2) is 33.1 Å². The van der Waals surface area contributed by atoms with Crippen molar-refractivity contribution in [2.24, 2.45) is 0 Å². The highest BCUT2D eigenvalue weighted by Crippen LogP contribution is 2.32. The number of thioether (sulfide) groups is 1. The fourth-order valence-corrected chi connectivity index (χ4v) is 3.93. The van der Waals surface area contributed by atoms with E-state index in [0.29, 0.717) is 17.1 Å². The molecule has 0 amide bonds. The van der Waals surface area contributed by atoms with Crippen molar-refractivity contribution in [3.05, 3.63) is 23.8 Å². The van der Waals surface area contributed by atoms with Crippen LogP contribution in [0, 0.1) is 0 Å². The van der Waals surface area contributed by atoms with Crippen molar-refractivity contribution < 1.29 is 17.9 Å². The smallest absolute Gasteiger partial charge is 0.236 e. The molecule has 19 heavy (non-hydrogen) atoms. The van der Waals surface area contributed by atoms with Crippen molar-refractivity contribution in [3.63, 3.8) is 0 Å². The molecule has 1 aromatic carbocycles. The molecule has 0 aromatic heterocycles. The highest BCUT2D eigenvalue weighted by molar-refractivity contribution is 8.13. The van der Waals surface area contributed by atoms with Gasteiger partial charge in [0.05, 0.1) is 12.9 Å². The number of benzene rings is 1. The van der Waals surface area contributed by atoms with Crippen LogP contribution in [0.4, 0.5) is 0 Å². The van der Waals surface area contributed by atoms with Gasteiger partial charge in [-0.2, -0.15) is 11.8 Å². The Morgan fingerprint density at radius 3 is 2.79 bits per heavy atom. The largest absolute Gasteiger partial charge is 0.493 e. The number of halogens is 1. The summed E-state index contributed by atoms with van der Waals surface area (Å²) in [6.07, 6.45) is 1.22. The van der Waals surface area contributed by atoms with Gasteiger partial charge in [-0.05, 0) is 29.9 Å². The fraction of sp³-hybridized carbons (Fsp3) is 0.500. The maximum absolute atomic E-state index is 11.1. The van der Waals surface area contributed by atoms with Gasteiger partial charge in [0, 0.05) is 16.4 Å². The molecule has 1 aliphatic rings. The van der Waals surface area contributed by atoms with Crippen LogP contribution in [0.25, 0.3) is 0 Å². The van der Waals surface area contributed by atoms with Gasteiger partial charge in [0.1, 0.15) is 6.10 Å². The molecule has 1 fully saturated rings. The molecule has 1 heterocycles. The Morgan fingerprint density at radius 2 is 2.21 bits per heavy atom. The van der Waals surface area contributed by atoms with Gasteiger partial charge >= 0.3 is 0 Å². The maximum atomic E-state index is 11.1. The summed E-state index contributed by atoms with van der Waals surface area (Å²) in [7, 11) is 3.21. The summed E-state index contributed by atoms with van der Waals surface area (Å²) in [5, 5.41) is 0. The summed E-state index contributed by atoms with van der Waals surface area (Å²) in [6, 6.07) is 5.08. The molecule has 0 aliphatic carbocycles. The summed E-state index contributed by atoms with van der Waals surface area (Å²) in [5.74, 6) is 3.04. The topological polar surface area (TPSA) is 52.6 Å². The molecule has 106 valence electrons. The van der Waals surface area contributed by atoms with E-state index >= 15 is 0 Å². The van der Waals surface area contributed by atoms with Gasteiger partial charge in [-0.1, -0.05) is 6.07 Å². The first kappa shape index (κ1) is 14.8. The van der Waals surface area contributed by atoms with Crippen molar-refractivity contribution in [1.82, 2.24) is 0 Å². The molecule has 2 rings (SSSR count). The Morgan fingerprint density at radius 1 is 1.42 bits per heavy atom. The van der Waals surface area contributed by atoms with Crippen molar-refractivity contribution in [2.75, 3.05) is 18.6 Å². The minimum Gasteiger partial charge on any atom is -0.493 e.